The van der Waals surface area contributed by atoms with E-state index in [0.717, 1.165) is 11.8 Å². The summed E-state index contributed by atoms with van der Waals surface area (Å²) in [5, 5.41) is 5.13. The van der Waals surface area contributed by atoms with Crippen LogP contribution in [0.1, 0.15) is 48.7 Å². The number of nitrogens with zero attached hydrogens (tertiary/aromatic N) is 1. The third-order valence-electron chi connectivity index (χ3n) is 5.42. The molecule has 11 heteroatoms. The lowest BCUT2D eigenvalue weighted by atomic mass is 9.84. The number of ether oxygens (including phenoxy) is 1. The summed E-state index contributed by atoms with van der Waals surface area (Å²) in [7, 11) is -1.89. The van der Waals surface area contributed by atoms with Crippen LogP contribution in [-0.4, -0.2) is 46.2 Å². The minimum Gasteiger partial charge on any atom is -0.496 e. The van der Waals surface area contributed by atoms with Crippen LogP contribution in [0.5, 0.6) is 5.75 Å². The standard InChI is InChI=1S/C24H30N4O6S/c1-24(2,3)19-13-17(28-10-9-20(29)27-23(28)31)12-18(21(19)34-4)22(30)26-16-8-6-7-15(11-16)14-25-35(5,32)33/h6-8,11-13,25H,9-10,14H2,1-5H3,(H,26,30)(H,27,29,31). The van der Waals surface area contributed by atoms with Gasteiger partial charge in [0, 0.05) is 36.4 Å². The van der Waals surface area contributed by atoms with Gasteiger partial charge >= 0.3 is 6.03 Å². The summed E-state index contributed by atoms with van der Waals surface area (Å²) in [5.74, 6) is -0.433. The van der Waals surface area contributed by atoms with E-state index in [1.54, 1.807) is 36.4 Å². The fourth-order valence-electron chi connectivity index (χ4n) is 3.70. The van der Waals surface area contributed by atoms with Gasteiger partial charge in [-0.3, -0.25) is 19.8 Å². The second-order valence-electron chi connectivity index (χ2n) is 9.33. The van der Waals surface area contributed by atoms with Crippen molar-refractivity contribution in [2.75, 3.05) is 30.1 Å². The van der Waals surface area contributed by atoms with Crippen LogP contribution in [0.4, 0.5) is 16.2 Å². The molecule has 0 bridgehead atoms. The third kappa shape index (κ3) is 6.58. The van der Waals surface area contributed by atoms with Crippen LogP contribution in [0.15, 0.2) is 36.4 Å². The quantitative estimate of drug-likeness (QED) is 0.533. The number of urea groups is 1. The summed E-state index contributed by atoms with van der Waals surface area (Å²) < 4.78 is 30.8. The van der Waals surface area contributed by atoms with Crippen molar-refractivity contribution >= 4 is 39.2 Å². The number of methoxy groups -OCH3 is 1. The Morgan fingerprint density at radius 2 is 1.89 bits per heavy atom. The van der Waals surface area contributed by atoms with E-state index in [2.05, 4.69) is 15.4 Å². The monoisotopic (exact) mass is 502 g/mol. The molecule has 1 heterocycles. The highest BCUT2D eigenvalue weighted by molar-refractivity contribution is 7.88. The smallest absolute Gasteiger partial charge is 0.328 e. The molecule has 2 aromatic carbocycles. The van der Waals surface area contributed by atoms with Crippen molar-refractivity contribution in [3.63, 3.8) is 0 Å². The molecule has 0 unspecified atom stereocenters. The van der Waals surface area contributed by atoms with Gasteiger partial charge in [-0.2, -0.15) is 0 Å². The first-order chi connectivity index (χ1) is 16.3. The molecule has 3 rings (SSSR count). The van der Waals surface area contributed by atoms with E-state index < -0.39 is 27.4 Å². The molecule has 10 nitrogen and oxygen atoms in total. The molecule has 0 atom stereocenters. The summed E-state index contributed by atoms with van der Waals surface area (Å²) in [5.41, 5.74) is 2.12. The summed E-state index contributed by atoms with van der Waals surface area (Å²) >= 11 is 0. The Morgan fingerprint density at radius 3 is 2.49 bits per heavy atom. The number of hydrogen-bond donors (Lipinski definition) is 3. The minimum absolute atomic E-state index is 0.0817. The highest BCUT2D eigenvalue weighted by atomic mass is 32.2. The van der Waals surface area contributed by atoms with Crippen molar-refractivity contribution < 1.29 is 27.5 Å². The average molecular weight is 503 g/mol. The summed E-state index contributed by atoms with van der Waals surface area (Å²) in [6.07, 6.45) is 1.22. The van der Waals surface area contributed by atoms with Crippen molar-refractivity contribution in [3.8, 4) is 5.75 Å². The Balaban J connectivity index is 1.99. The van der Waals surface area contributed by atoms with E-state index in [0.29, 0.717) is 22.7 Å². The predicted molar refractivity (Wildman–Crippen MR) is 133 cm³/mol. The van der Waals surface area contributed by atoms with Crippen molar-refractivity contribution in [3.05, 3.63) is 53.1 Å². The number of amides is 4. The SMILES string of the molecule is COc1c(C(=O)Nc2cccc(CNS(C)(=O)=O)c2)cc(N2CCC(=O)NC2=O)cc1C(C)(C)C. The minimum atomic E-state index is -3.36. The number of sulfonamides is 1. The Bertz CT molecular complexity index is 1270. The van der Waals surface area contributed by atoms with Gasteiger partial charge in [0.25, 0.3) is 5.91 Å². The normalized spacial score (nSPS) is 14.5. The van der Waals surface area contributed by atoms with Crippen molar-refractivity contribution in [2.45, 2.75) is 39.2 Å². The molecule has 2 aromatic rings. The van der Waals surface area contributed by atoms with Crippen LogP contribution < -0.4 is 25.0 Å². The van der Waals surface area contributed by atoms with Gasteiger partial charge in [-0.15, -0.1) is 0 Å². The first kappa shape index (κ1) is 26.2. The molecule has 0 aliphatic carbocycles. The zero-order valence-corrected chi connectivity index (χ0v) is 21.2. The molecule has 35 heavy (non-hydrogen) atoms. The molecule has 4 amide bonds. The van der Waals surface area contributed by atoms with E-state index in [1.165, 1.54) is 12.0 Å². The van der Waals surface area contributed by atoms with Crippen molar-refractivity contribution in [1.82, 2.24) is 10.0 Å². The van der Waals surface area contributed by atoms with Gasteiger partial charge in [0.1, 0.15) is 5.75 Å². The van der Waals surface area contributed by atoms with Gasteiger partial charge in [0.05, 0.1) is 18.9 Å². The molecule has 0 radical (unpaired) electrons. The van der Waals surface area contributed by atoms with Crippen LogP contribution in [0.3, 0.4) is 0 Å². The first-order valence-corrected chi connectivity index (χ1v) is 12.9. The molecule has 1 aliphatic rings. The van der Waals surface area contributed by atoms with Crippen LogP contribution in [0.2, 0.25) is 0 Å². The molecule has 0 aromatic heterocycles. The fraction of sp³-hybridized carbons (Fsp3) is 0.375. The molecular weight excluding hydrogens is 472 g/mol. The van der Waals surface area contributed by atoms with E-state index in [4.69, 9.17) is 4.74 Å². The number of imide groups is 1. The van der Waals surface area contributed by atoms with Gasteiger partial charge in [-0.25, -0.2) is 17.9 Å². The zero-order chi connectivity index (χ0) is 26.0. The Kier molecular flexibility index (Phi) is 7.51. The van der Waals surface area contributed by atoms with Gasteiger partial charge in [-0.05, 0) is 35.2 Å². The first-order valence-electron chi connectivity index (χ1n) is 11.0. The van der Waals surface area contributed by atoms with Crippen molar-refractivity contribution in [1.29, 1.82) is 0 Å². The van der Waals surface area contributed by atoms with Gasteiger partial charge in [0.15, 0.2) is 0 Å². The van der Waals surface area contributed by atoms with Crippen LogP contribution >= 0.6 is 0 Å². The lowest BCUT2D eigenvalue weighted by molar-refractivity contribution is -0.120. The van der Waals surface area contributed by atoms with E-state index in [-0.39, 0.29) is 31.0 Å². The second-order valence-corrected chi connectivity index (χ2v) is 11.2. The Morgan fingerprint density at radius 1 is 1.17 bits per heavy atom. The zero-order valence-electron chi connectivity index (χ0n) is 20.4. The molecule has 1 aliphatic heterocycles. The number of rotatable bonds is 7. The lowest BCUT2D eigenvalue weighted by Crippen LogP contribution is -2.49. The maximum atomic E-state index is 13.4. The van der Waals surface area contributed by atoms with E-state index in [9.17, 15) is 22.8 Å². The van der Waals surface area contributed by atoms with Crippen molar-refractivity contribution in [2.24, 2.45) is 0 Å². The molecule has 1 saturated heterocycles. The Labute approximate surface area is 205 Å². The Hall–Kier alpha value is -3.44. The topological polar surface area (TPSA) is 134 Å². The molecule has 0 spiro atoms. The number of carbonyl (C=O) groups is 3. The maximum absolute atomic E-state index is 13.4. The molecular formula is C24H30N4O6S. The number of hydrogen-bond acceptors (Lipinski definition) is 6. The predicted octanol–water partition coefficient (Wildman–Crippen LogP) is 2.74. The average Bonchev–Trinajstić information content (AvgIpc) is 2.76. The van der Waals surface area contributed by atoms with Gasteiger partial charge < -0.3 is 10.1 Å². The lowest BCUT2D eigenvalue weighted by Gasteiger charge is -2.30. The number of anilines is 2. The highest BCUT2D eigenvalue weighted by Crippen LogP contribution is 2.38. The van der Waals surface area contributed by atoms with E-state index >= 15 is 0 Å². The largest absolute Gasteiger partial charge is 0.496 e. The number of benzene rings is 2. The number of carbonyl (C=O) groups excluding carboxylic acids is 3. The number of nitrogens with one attached hydrogen (secondary N) is 3. The molecule has 188 valence electrons. The molecule has 1 fully saturated rings. The van der Waals surface area contributed by atoms with Gasteiger partial charge in [0.2, 0.25) is 15.9 Å². The summed E-state index contributed by atoms with van der Waals surface area (Å²) in [6.45, 7) is 6.17. The van der Waals surface area contributed by atoms with Gasteiger partial charge in [-0.1, -0.05) is 32.9 Å². The highest BCUT2D eigenvalue weighted by Gasteiger charge is 2.30. The van der Waals surface area contributed by atoms with E-state index in [1.807, 2.05) is 20.8 Å². The molecule has 3 N–H and O–H groups in total. The second kappa shape index (κ2) is 10.0. The summed E-state index contributed by atoms with van der Waals surface area (Å²) in [4.78, 5) is 38.9. The third-order valence-corrected chi connectivity index (χ3v) is 6.09. The fourth-order valence-corrected chi connectivity index (χ4v) is 4.13. The van der Waals surface area contributed by atoms with Crippen LogP contribution in [0.25, 0.3) is 0 Å². The van der Waals surface area contributed by atoms with Crippen LogP contribution in [0, 0.1) is 0 Å². The van der Waals surface area contributed by atoms with Crippen LogP contribution in [-0.2, 0) is 26.8 Å². The maximum Gasteiger partial charge on any atom is 0.328 e. The summed E-state index contributed by atoms with van der Waals surface area (Å²) in [6, 6.07) is 9.61. The molecule has 0 saturated carbocycles.